The number of aromatic nitrogens is 3. The molecule has 20 heavy (non-hydrogen) atoms. The standard InChI is InChI=1S/C14H8ClF2N3/c15-14-18-13(12-10(16)7-4-8-11(12)17)19-20(14)9-5-2-1-3-6-9/h1-8H. The lowest BCUT2D eigenvalue weighted by atomic mass is 10.2. The number of hydrogen-bond acceptors (Lipinski definition) is 2. The predicted molar refractivity (Wildman–Crippen MR) is 71.7 cm³/mol. The summed E-state index contributed by atoms with van der Waals surface area (Å²) in [6.07, 6.45) is 0. The zero-order valence-electron chi connectivity index (χ0n) is 10.1. The molecule has 1 heterocycles. The smallest absolute Gasteiger partial charge is 0.206 e. The van der Waals surface area contributed by atoms with Crippen LogP contribution < -0.4 is 0 Å². The van der Waals surface area contributed by atoms with Crippen LogP contribution in [0.15, 0.2) is 48.5 Å². The van der Waals surface area contributed by atoms with Gasteiger partial charge in [0.15, 0.2) is 5.82 Å². The Morgan fingerprint density at radius 1 is 0.900 bits per heavy atom. The molecular formula is C14H8ClF2N3. The van der Waals surface area contributed by atoms with E-state index >= 15 is 0 Å². The van der Waals surface area contributed by atoms with E-state index < -0.39 is 11.6 Å². The maximum absolute atomic E-state index is 13.7. The second kappa shape index (κ2) is 5.02. The summed E-state index contributed by atoms with van der Waals surface area (Å²) in [4.78, 5) is 3.92. The van der Waals surface area contributed by atoms with Crippen molar-refractivity contribution in [2.75, 3.05) is 0 Å². The summed E-state index contributed by atoms with van der Waals surface area (Å²) in [6, 6.07) is 12.6. The van der Waals surface area contributed by atoms with Gasteiger partial charge < -0.3 is 0 Å². The number of benzene rings is 2. The zero-order valence-corrected chi connectivity index (χ0v) is 10.9. The highest BCUT2D eigenvalue weighted by atomic mass is 35.5. The van der Waals surface area contributed by atoms with Gasteiger partial charge >= 0.3 is 0 Å². The molecule has 0 spiro atoms. The minimum absolute atomic E-state index is 0.0360. The molecule has 0 aliphatic carbocycles. The van der Waals surface area contributed by atoms with Crippen LogP contribution in [0.4, 0.5) is 8.78 Å². The van der Waals surface area contributed by atoms with Crippen molar-refractivity contribution in [2.24, 2.45) is 0 Å². The van der Waals surface area contributed by atoms with E-state index in [1.54, 1.807) is 24.3 Å². The van der Waals surface area contributed by atoms with Crippen LogP contribution in [0, 0.1) is 11.6 Å². The summed E-state index contributed by atoms with van der Waals surface area (Å²) in [7, 11) is 0. The fraction of sp³-hybridized carbons (Fsp3) is 0. The Labute approximate surface area is 118 Å². The van der Waals surface area contributed by atoms with Crippen molar-refractivity contribution >= 4 is 11.6 Å². The fourth-order valence-corrected chi connectivity index (χ4v) is 2.06. The SMILES string of the molecule is Fc1cccc(F)c1-c1nc(Cl)n(-c2ccccc2)n1. The van der Waals surface area contributed by atoms with Crippen molar-refractivity contribution in [2.45, 2.75) is 0 Å². The van der Waals surface area contributed by atoms with E-state index in [2.05, 4.69) is 10.1 Å². The molecule has 0 fully saturated rings. The molecule has 0 atom stereocenters. The summed E-state index contributed by atoms with van der Waals surface area (Å²) >= 11 is 5.98. The lowest BCUT2D eigenvalue weighted by Crippen LogP contribution is -1.97. The fourth-order valence-electron chi connectivity index (χ4n) is 1.84. The monoisotopic (exact) mass is 291 g/mol. The first-order chi connectivity index (χ1) is 9.66. The number of hydrogen-bond donors (Lipinski definition) is 0. The van der Waals surface area contributed by atoms with Crippen molar-refractivity contribution in [3.8, 4) is 17.1 Å². The maximum atomic E-state index is 13.7. The molecular weight excluding hydrogens is 284 g/mol. The van der Waals surface area contributed by atoms with Crippen molar-refractivity contribution in [3.63, 3.8) is 0 Å². The minimum atomic E-state index is -0.730. The first kappa shape index (κ1) is 12.7. The molecule has 3 aromatic rings. The average Bonchev–Trinajstić information content (AvgIpc) is 2.81. The van der Waals surface area contributed by atoms with Crippen LogP contribution in [0.3, 0.4) is 0 Å². The van der Waals surface area contributed by atoms with Gasteiger partial charge in [-0.2, -0.15) is 4.98 Å². The molecule has 0 saturated heterocycles. The Bertz CT molecular complexity index is 736. The molecule has 0 saturated carbocycles. The van der Waals surface area contributed by atoms with Gasteiger partial charge in [-0.1, -0.05) is 24.3 Å². The van der Waals surface area contributed by atoms with E-state index in [-0.39, 0.29) is 16.7 Å². The lowest BCUT2D eigenvalue weighted by Gasteiger charge is -2.01. The quantitative estimate of drug-likeness (QED) is 0.717. The Morgan fingerprint density at radius 3 is 2.20 bits per heavy atom. The third-order valence-electron chi connectivity index (χ3n) is 2.75. The molecule has 0 amide bonds. The van der Waals surface area contributed by atoms with Gasteiger partial charge in [-0.15, -0.1) is 5.10 Å². The van der Waals surface area contributed by atoms with E-state index in [1.165, 1.54) is 10.7 Å². The lowest BCUT2D eigenvalue weighted by molar-refractivity contribution is 0.587. The van der Waals surface area contributed by atoms with Crippen LogP contribution in [0.1, 0.15) is 0 Å². The maximum Gasteiger partial charge on any atom is 0.226 e. The van der Waals surface area contributed by atoms with Crippen molar-refractivity contribution in [3.05, 3.63) is 65.4 Å². The van der Waals surface area contributed by atoms with Crippen LogP contribution in [0.2, 0.25) is 5.28 Å². The van der Waals surface area contributed by atoms with Crippen molar-refractivity contribution < 1.29 is 8.78 Å². The highest BCUT2D eigenvalue weighted by molar-refractivity contribution is 6.28. The zero-order chi connectivity index (χ0) is 14.1. The average molecular weight is 292 g/mol. The number of nitrogens with zero attached hydrogens (tertiary/aromatic N) is 3. The molecule has 2 aromatic carbocycles. The summed E-state index contributed by atoms with van der Waals surface area (Å²) in [6.45, 7) is 0. The van der Waals surface area contributed by atoms with Gasteiger partial charge in [0.2, 0.25) is 5.28 Å². The predicted octanol–water partition coefficient (Wildman–Crippen LogP) is 3.87. The van der Waals surface area contributed by atoms with Gasteiger partial charge in [-0.3, -0.25) is 0 Å². The molecule has 6 heteroatoms. The molecule has 0 aliphatic heterocycles. The van der Waals surface area contributed by atoms with Crippen molar-refractivity contribution in [1.82, 2.24) is 14.8 Å². The third kappa shape index (κ3) is 2.16. The summed E-state index contributed by atoms with van der Waals surface area (Å²) < 4.78 is 28.7. The minimum Gasteiger partial charge on any atom is -0.206 e. The Kier molecular flexibility index (Phi) is 3.20. The molecule has 100 valence electrons. The summed E-state index contributed by atoms with van der Waals surface area (Å²) in [5.74, 6) is -1.55. The third-order valence-corrected chi connectivity index (χ3v) is 3.00. The van der Waals surface area contributed by atoms with E-state index in [0.29, 0.717) is 5.69 Å². The highest BCUT2D eigenvalue weighted by Crippen LogP contribution is 2.25. The Morgan fingerprint density at radius 2 is 1.55 bits per heavy atom. The molecule has 0 radical (unpaired) electrons. The van der Waals surface area contributed by atoms with Gasteiger partial charge in [0, 0.05) is 0 Å². The second-order valence-electron chi connectivity index (χ2n) is 4.05. The molecule has 3 rings (SSSR count). The van der Waals surface area contributed by atoms with Crippen LogP contribution in [-0.4, -0.2) is 14.8 Å². The van der Waals surface area contributed by atoms with E-state index in [9.17, 15) is 8.78 Å². The highest BCUT2D eigenvalue weighted by Gasteiger charge is 2.18. The van der Waals surface area contributed by atoms with Crippen LogP contribution in [0.5, 0.6) is 0 Å². The Balaban J connectivity index is 2.15. The second-order valence-corrected chi connectivity index (χ2v) is 4.39. The molecule has 1 aromatic heterocycles. The largest absolute Gasteiger partial charge is 0.226 e. The van der Waals surface area contributed by atoms with E-state index in [1.807, 2.05) is 6.07 Å². The van der Waals surface area contributed by atoms with Gasteiger partial charge in [-0.25, -0.2) is 13.5 Å². The number of para-hydroxylation sites is 1. The number of rotatable bonds is 2. The van der Waals surface area contributed by atoms with Gasteiger partial charge in [0.25, 0.3) is 0 Å². The molecule has 3 nitrogen and oxygen atoms in total. The first-order valence-corrected chi connectivity index (χ1v) is 6.17. The Hall–Kier alpha value is -2.27. The van der Waals surface area contributed by atoms with E-state index in [0.717, 1.165) is 12.1 Å². The van der Waals surface area contributed by atoms with E-state index in [4.69, 9.17) is 11.6 Å². The first-order valence-electron chi connectivity index (χ1n) is 5.79. The van der Waals surface area contributed by atoms with Crippen LogP contribution in [-0.2, 0) is 0 Å². The molecule has 0 bridgehead atoms. The van der Waals surface area contributed by atoms with Crippen LogP contribution in [0.25, 0.3) is 17.1 Å². The topological polar surface area (TPSA) is 30.7 Å². The van der Waals surface area contributed by atoms with Gasteiger partial charge in [0.05, 0.1) is 11.3 Å². The molecule has 0 unspecified atom stereocenters. The number of halogens is 3. The summed E-state index contributed by atoms with van der Waals surface area (Å²) in [5.41, 5.74) is 0.372. The molecule has 0 N–H and O–H groups in total. The summed E-state index contributed by atoms with van der Waals surface area (Å²) in [5, 5.41) is 4.10. The van der Waals surface area contributed by atoms with Crippen LogP contribution >= 0.6 is 11.6 Å². The van der Waals surface area contributed by atoms with Crippen molar-refractivity contribution in [1.29, 1.82) is 0 Å². The van der Waals surface area contributed by atoms with Gasteiger partial charge in [0.1, 0.15) is 11.6 Å². The molecule has 0 aliphatic rings. The van der Waals surface area contributed by atoms with Gasteiger partial charge in [-0.05, 0) is 35.9 Å². The normalized spacial score (nSPS) is 10.8.